The summed E-state index contributed by atoms with van der Waals surface area (Å²) in [4.78, 5) is 26.1. The second kappa shape index (κ2) is 7.17. The number of aromatic nitrogens is 5. The summed E-state index contributed by atoms with van der Waals surface area (Å²) in [6, 6.07) is 3.96. The summed E-state index contributed by atoms with van der Waals surface area (Å²) < 4.78 is 14.4. The molecule has 0 bridgehead atoms. The molecule has 3 aromatic rings. The van der Waals surface area contributed by atoms with Crippen LogP contribution in [0, 0.1) is 15.9 Å². The molecule has 2 N–H and O–H groups in total. The molecule has 0 unspecified atom stereocenters. The first kappa shape index (κ1) is 17.9. The summed E-state index contributed by atoms with van der Waals surface area (Å²) in [6.45, 7) is 0.208. The summed E-state index contributed by atoms with van der Waals surface area (Å²) in [5.74, 6) is -1.67. The molecular formula is C13H8BrClFN7O3. The molecule has 0 aliphatic heterocycles. The fourth-order valence-corrected chi connectivity index (χ4v) is 2.73. The number of anilines is 1. The molecule has 0 spiro atoms. The maximum Gasteiger partial charge on any atom is 0.357 e. The van der Waals surface area contributed by atoms with E-state index in [-0.39, 0.29) is 27.7 Å². The average molecular weight is 445 g/mol. The number of hydrogen-bond acceptors (Lipinski definition) is 6. The molecule has 0 atom stereocenters. The number of aromatic amines is 1. The van der Waals surface area contributed by atoms with Crippen LogP contribution in [0.4, 0.5) is 16.2 Å². The SMILES string of the molecule is O=C(Nc1ncn(Cc2ccc(F)cc2Cl)n1)c1n[nH]c([N+](=O)[O-])c1Br. The van der Waals surface area contributed by atoms with E-state index in [1.165, 1.54) is 29.2 Å². The van der Waals surface area contributed by atoms with Crippen LogP contribution in [0.1, 0.15) is 16.1 Å². The number of halogens is 3. The minimum Gasteiger partial charge on any atom is -0.358 e. The molecule has 10 nitrogen and oxygen atoms in total. The van der Waals surface area contributed by atoms with Gasteiger partial charge in [0.05, 0.1) is 6.54 Å². The van der Waals surface area contributed by atoms with Gasteiger partial charge in [0, 0.05) is 5.02 Å². The Morgan fingerprint density at radius 1 is 1.50 bits per heavy atom. The first-order valence-electron chi connectivity index (χ1n) is 6.88. The molecule has 1 aromatic carbocycles. The molecule has 13 heteroatoms. The number of hydrogen-bond donors (Lipinski definition) is 2. The summed E-state index contributed by atoms with van der Waals surface area (Å²) in [6.07, 6.45) is 1.34. The number of nitro groups is 1. The zero-order valence-electron chi connectivity index (χ0n) is 12.6. The Labute approximate surface area is 157 Å². The van der Waals surface area contributed by atoms with Crippen LogP contribution in [0.25, 0.3) is 0 Å². The average Bonchev–Trinajstić information content (AvgIpc) is 3.16. The summed E-state index contributed by atoms with van der Waals surface area (Å²) in [5.41, 5.74) is 0.399. The molecule has 2 aromatic heterocycles. The molecule has 0 saturated heterocycles. The lowest BCUT2D eigenvalue weighted by atomic mass is 10.2. The van der Waals surface area contributed by atoms with Crippen LogP contribution in [-0.2, 0) is 6.54 Å². The van der Waals surface area contributed by atoms with Crippen molar-refractivity contribution < 1.29 is 14.1 Å². The van der Waals surface area contributed by atoms with Crippen LogP contribution >= 0.6 is 27.5 Å². The van der Waals surface area contributed by atoms with E-state index < -0.39 is 22.5 Å². The monoisotopic (exact) mass is 443 g/mol. The molecule has 3 rings (SSSR count). The van der Waals surface area contributed by atoms with Crippen molar-refractivity contribution in [3.63, 3.8) is 0 Å². The Hall–Kier alpha value is -2.86. The van der Waals surface area contributed by atoms with E-state index >= 15 is 0 Å². The number of benzene rings is 1. The van der Waals surface area contributed by atoms with E-state index in [4.69, 9.17) is 11.6 Å². The largest absolute Gasteiger partial charge is 0.358 e. The van der Waals surface area contributed by atoms with Crippen LogP contribution in [-0.4, -0.2) is 35.8 Å². The smallest absolute Gasteiger partial charge is 0.357 e. The molecule has 0 aliphatic rings. The van der Waals surface area contributed by atoms with Crippen LogP contribution < -0.4 is 5.32 Å². The Morgan fingerprint density at radius 3 is 2.92 bits per heavy atom. The minimum atomic E-state index is -0.737. The van der Waals surface area contributed by atoms with Gasteiger partial charge >= 0.3 is 5.82 Å². The van der Waals surface area contributed by atoms with Gasteiger partial charge in [0.15, 0.2) is 5.69 Å². The van der Waals surface area contributed by atoms with Crippen molar-refractivity contribution in [2.75, 3.05) is 5.32 Å². The third-order valence-corrected chi connectivity index (χ3v) is 4.30. The van der Waals surface area contributed by atoms with Crippen LogP contribution in [0.5, 0.6) is 0 Å². The van der Waals surface area contributed by atoms with E-state index in [1.807, 2.05) is 0 Å². The van der Waals surface area contributed by atoms with Crippen LogP contribution in [0.3, 0.4) is 0 Å². The van der Waals surface area contributed by atoms with Crippen molar-refractivity contribution in [3.8, 4) is 0 Å². The molecule has 1 amide bonds. The number of amides is 1. The summed E-state index contributed by atoms with van der Waals surface area (Å²) >= 11 is 8.89. The topological polar surface area (TPSA) is 132 Å². The molecular weight excluding hydrogens is 437 g/mol. The number of nitrogens with one attached hydrogen (secondary N) is 2. The number of carbonyl (C=O) groups is 1. The highest BCUT2D eigenvalue weighted by molar-refractivity contribution is 9.10. The molecule has 2 heterocycles. The number of carbonyl (C=O) groups excluding carboxylic acids is 1. The summed E-state index contributed by atoms with van der Waals surface area (Å²) in [7, 11) is 0. The molecule has 0 saturated carbocycles. The van der Waals surface area contributed by atoms with Gasteiger partial charge in [-0.3, -0.25) is 10.1 Å². The highest BCUT2D eigenvalue weighted by Gasteiger charge is 2.25. The predicted octanol–water partition coefficient (Wildman–Crippen LogP) is 2.77. The third-order valence-electron chi connectivity index (χ3n) is 3.20. The van der Waals surface area contributed by atoms with Gasteiger partial charge < -0.3 is 10.1 Å². The van der Waals surface area contributed by atoms with E-state index in [0.29, 0.717) is 5.56 Å². The van der Waals surface area contributed by atoms with Crippen LogP contribution in [0.2, 0.25) is 5.02 Å². The molecule has 0 aliphatic carbocycles. The van der Waals surface area contributed by atoms with E-state index in [1.54, 1.807) is 0 Å². The lowest BCUT2D eigenvalue weighted by Crippen LogP contribution is -2.14. The second-order valence-corrected chi connectivity index (χ2v) is 6.15. The molecule has 0 fully saturated rings. The molecule has 134 valence electrons. The first-order valence-corrected chi connectivity index (χ1v) is 8.05. The van der Waals surface area contributed by atoms with Crippen molar-refractivity contribution in [1.29, 1.82) is 0 Å². The lowest BCUT2D eigenvalue weighted by Gasteiger charge is -2.03. The molecule has 26 heavy (non-hydrogen) atoms. The van der Waals surface area contributed by atoms with Gasteiger partial charge in [-0.1, -0.05) is 22.8 Å². The van der Waals surface area contributed by atoms with E-state index in [2.05, 4.69) is 41.5 Å². The Kier molecular flexibility index (Phi) is 4.95. The highest BCUT2D eigenvalue weighted by Crippen LogP contribution is 2.25. The minimum absolute atomic E-state index is 0.0363. The number of H-pyrrole nitrogens is 1. The van der Waals surface area contributed by atoms with Crippen molar-refractivity contribution in [2.45, 2.75) is 6.54 Å². The number of nitrogens with zero attached hydrogens (tertiary/aromatic N) is 5. The third kappa shape index (κ3) is 3.70. The van der Waals surface area contributed by atoms with E-state index in [0.717, 1.165) is 0 Å². The van der Waals surface area contributed by atoms with Gasteiger partial charge in [-0.2, -0.15) is 0 Å². The maximum atomic E-state index is 13.1. The van der Waals surface area contributed by atoms with Gasteiger partial charge in [0.25, 0.3) is 5.91 Å². The lowest BCUT2D eigenvalue weighted by molar-refractivity contribution is -0.390. The van der Waals surface area contributed by atoms with Gasteiger partial charge in [0.2, 0.25) is 5.95 Å². The normalized spacial score (nSPS) is 10.7. The van der Waals surface area contributed by atoms with Crippen molar-refractivity contribution in [2.24, 2.45) is 0 Å². The van der Waals surface area contributed by atoms with Crippen molar-refractivity contribution in [3.05, 3.63) is 61.2 Å². The predicted molar refractivity (Wildman–Crippen MR) is 91.4 cm³/mol. The second-order valence-electron chi connectivity index (χ2n) is 4.95. The van der Waals surface area contributed by atoms with Crippen molar-refractivity contribution >= 4 is 45.2 Å². The van der Waals surface area contributed by atoms with Gasteiger partial charge in [-0.25, -0.2) is 14.1 Å². The summed E-state index contributed by atoms with van der Waals surface area (Å²) in [5, 5.41) is 23.1. The fourth-order valence-electron chi connectivity index (χ4n) is 2.00. The zero-order chi connectivity index (χ0) is 18.8. The van der Waals surface area contributed by atoms with Crippen LogP contribution in [0.15, 0.2) is 29.0 Å². The first-order chi connectivity index (χ1) is 12.3. The standard InChI is InChI=1S/C13H8BrClFN7O3/c14-9-10(19-20-11(9)23(25)26)12(24)18-13-17-5-22(21-13)4-6-1-2-7(16)3-8(6)15/h1-3,5H,4H2,(H,19,20)(H,18,21,24). The van der Waals surface area contributed by atoms with Gasteiger partial charge in [0.1, 0.15) is 16.6 Å². The zero-order valence-corrected chi connectivity index (χ0v) is 15.0. The fraction of sp³-hybridized carbons (Fsp3) is 0.0769. The highest BCUT2D eigenvalue weighted by atomic mass is 79.9. The van der Waals surface area contributed by atoms with Crippen molar-refractivity contribution in [1.82, 2.24) is 25.0 Å². The van der Waals surface area contributed by atoms with Gasteiger partial charge in [-0.15, -0.1) is 10.2 Å². The molecule has 0 radical (unpaired) electrons. The Bertz CT molecular complexity index is 1010. The van der Waals surface area contributed by atoms with E-state index in [9.17, 15) is 19.3 Å². The Morgan fingerprint density at radius 2 is 2.27 bits per heavy atom. The Balaban J connectivity index is 1.72. The van der Waals surface area contributed by atoms with Gasteiger partial charge in [-0.05, 0) is 38.5 Å². The maximum absolute atomic E-state index is 13.1. The quantitative estimate of drug-likeness (QED) is 0.459. The number of rotatable bonds is 5.